The molecule has 18 heavy (non-hydrogen) atoms. The van der Waals surface area contributed by atoms with Gasteiger partial charge >= 0.3 is 0 Å². The molecule has 0 amide bonds. The highest BCUT2D eigenvalue weighted by atomic mass is 16.5. The van der Waals surface area contributed by atoms with Gasteiger partial charge in [0.25, 0.3) is 0 Å². The predicted octanol–water partition coefficient (Wildman–Crippen LogP) is 3.49. The highest BCUT2D eigenvalue weighted by Gasteiger charge is 2.01. The molecule has 90 valence electrons. The molecule has 0 N–H and O–H groups in total. The molecule has 0 spiro atoms. The lowest BCUT2D eigenvalue weighted by Crippen LogP contribution is -2.02. The van der Waals surface area contributed by atoms with E-state index in [-0.39, 0.29) is 0 Å². The topological polar surface area (TPSA) is 33.0 Å². The molecule has 0 bridgehead atoms. The lowest BCUT2D eigenvalue weighted by molar-refractivity contribution is 0.320. The Morgan fingerprint density at radius 2 is 1.89 bits per heavy atom. The molecule has 2 rings (SSSR count). The molecule has 0 aliphatic carbocycles. The van der Waals surface area contributed by atoms with Crippen molar-refractivity contribution in [3.8, 4) is 11.8 Å². The highest BCUT2D eigenvalue weighted by Crippen LogP contribution is 2.19. The zero-order valence-electron chi connectivity index (χ0n) is 10.4. The first-order valence-corrected chi connectivity index (χ1v) is 5.97. The van der Waals surface area contributed by atoms with E-state index in [0.29, 0.717) is 12.2 Å². The van der Waals surface area contributed by atoms with E-state index < -0.39 is 0 Å². The Bertz CT molecular complexity index is 555. The highest BCUT2D eigenvalue weighted by molar-refractivity contribution is 5.41. The van der Waals surface area contributed by atoms with Crippen LogP contribution in [0.5, 0.6) is 5.75 Å². The van der Waals surface area contributed by atoms with E-state index in [1.807, 2.05) is 37.3 Å². The minimum atomic E-state index is 0.650. The summed E-state index contributed by atoms with van der Waals surface area (Å²) >= 11 is 0. The summed E-state index contributed by atoms with van der Waals surface area (Å²) in [5.74, 6) is 0.852. The van der Waals surface area contributed by atoms with Gasteiger partial charge in [0.15, 0.2) is 0 Å². The number of ether oxygens (including phenoxy) is 1. The van der Waals surface area contributed by atoms with Crippen LogP contribution >= 0.6 is 0 Å². The van der Waals surface area contributed by atoms with Gasteiger partial charge in [0.2, 0.25) is 0 Å². The summed E-state index contributed by atoms with van der Waals surface area (Å²) in [5, 5.41) is 8.79. The minimum absolute atomic E-state index is 0.650. The fourth-order valence-electron chi connectivity index (χ4n) is 1.80. The third-order valence-electron chi connectivity index (χ3n) is 2.80. The van der Waals surface area contributed by atoms with Crippen LogP contribution < -0.4 is 4.74 Å². The minimum Gasteiger partial charge on any atom is -0.493 e. The van der Waals surface area contributed by atoms with Crippen LogP contribution in [-0.4, -0.2) is 6.61 Å². The van der Waals surface area contributed by atoms with Crippen LogP contribution in [0, 0.1) is 18.3 Å². The van der Waals surface area contributed by atoms with Crippen molar-refractivity contribution >= 4 is 0 Å². The molecule has 2 heteroatoms. The summed E-state index contributed by atoms with van der Waals surface area (Å²) in [6.45, 7) is 2.61. The van der Waals surface area contributed by atoms with Crippen LogP contribution in [0.25, 0.3) is 0 Å². The molecule has 0 aliphatic rings. The summed E-state index contributed by atoms with van der Waals surface area (Å²) in [4.78, 5) is 0. The Morgan fingerprint density at radius 1 is 1.11 bits per heavy atom. The molecule has 0 atom stereocenters. The van der Waals surface area contributed by atoms with Crippen LogP contribution in [0.4, 0.5) is 0 Å². The van der Waals surface area contributed by atoms with E-state index in [2.05, 4.69) is 18.2 Å². The van der Waals surface area contributed by atoms with E-state index in [9.17, 15) is 0 Å². The second-order valence-electron chi connectivity index (χ2n) is 4.18. The molecular formula is C16H15NO. The maximum Gasteiger partial charge on any atom is 0.122 e. The Kier molecular flexibility index (Phi) is 3.98. The second kappa shape index (κ2) is 5.88. The quantitative estimate of drug-likeness (QED) is 0.815. The third-order valence-corrected chi connectivity index (χ3v) is 2.80. The number of nitrogens with zero attached hydrogens (tertiary/aromatic N) is 1. The van der Waals surface area contributed by atoms with Gasteiger partial charge in [0.05, 0.1) is 18.2 Å². The van der Waals surface area contributed by atoms with Crippen molar-refractivity contribution < 1.29 is 4.74 Å². The molecular weight excluding hydrogens is 222 g/mol. The fourth-order valence-corrected chi connectivity index (χ4v) is 1.80. The smallest absolute Gasteiger partial charge is 0.122 e. The van der Waals surface area contributed by atoms with Gasteiger partial charge in [-0.25, -0.2) is 0 Å². The van der Waals surface area contributed by atoms with Crippen molar-refractivity contribution in [3.63, 3.8) is 0 Å². The van der Waals surface area contributed by atoms with Gasteiger partial charge in [0.1, 0.15) is 5.75 Å². The summed E-state index contributed by atoms with van der Waals surface area (Å²) in [6, 6.07) is 17.9. The van der Waals surface area contributed by atoms with E-state index >= 15 is 0 Å². The van der Waals surface area contributed by atoms with Crippen molar-refractivity contribution in [2.45, 2.75) is 13.3 Å². The van der Waals surface area contributed by atoms with Crippen molar-refractivity contribution in [2.75, 3.05) is 6.61 Å². The second-order valence-corrected chi connectivity index (χ2v) is 4.18. The first-order valence-electron chi connectivity index (χ1n) is 5.97. The van der Waals surface area contributed by atoms with Gasteiger partial charge in [-0.15, -0.1) is 0 Å². The maximum absolute atomic E-state index is 8.79. The zero-order chi connectivity index (χ0) is 12.8. The van der Waals surface area contributed by atoms with Crippen molar-refractivity contribution in [1.82, 2.24) is 0 Å². The van der Waals surface area contributed by atoms with Crippen molar-refractivity contribution in [3.05, 3.63) is 65.2 Å². The molecule has 0 unspecified atom stereocenters. The first-order chi connectivity index (χ1) is 8.79. The average Bonchev–Trinajstić information content (AvgIpc) is 2.42. The molecule has 0 aromatic heterocycles. The summed E-state index contributed by atoms with van der Waals surface area (Å²) in [5.41, 5.74) is 2.94. The summed E-state index contributed by atoms with van der Waals surface area (Å²) in [6.07, 6.45) is 0.889. The standard InChI is InChI=1S/C16H15NO/c1-13-11-15(12-17)7-8-16(13)18-10-9-14-5-3-2-4-6-14/h2-8,11H,9-10H2,1H3. The van der Waals surface area contributed by atoms with Crippen molar-refractivity contribution in [2.24, 2.45) is 0 Å². The van der Waals surface area contributed by atoms with E-state index in [0.717, 1.165) is 17.7 Å². The number of hydrogen-bond donors (Lipinski definition) is 0. The number of aryl methyl sites for hydroxylation is 1. The predicted molar refractivity (Wildman–Crippen MR) is 71.5 cm³/mol. The van der Waals surface area contributed by atoms with E-state index in [1.165, 1.54) is 5.56 Å². The number of benzene rings is 2. The molecule has 0 heterocycles. The first kappa shape index (κ1) is 12.2. The molecule has 2 nitrogen and oxygen atoms in total. The normalized spacial score (nSPS) is 9.78. The molecule has 0 fully saturated rings. The van der Waals surface area contributed by atoms with Gasteiger partial charge in [-0.2, -0.15) is 5.26 Å². The molecule has 0 saturated heterocycles. The van der Waals surface area contributed by atoms with Gasteiger partial charge < -0.3 is 4.74 Å². The summed E-state index contributed by atoms with van der Waals surface area (Å²) < 4.78 is 5.73. The van der Waals surface area contributed by atoms with Gasteiger partial charge in [-0.1, -0.05) is 30.3 Å². The average molecular weight is 237 g/mol. The zero-order valence-corrected chi connectivity index (χ0v) is 10.4. The Hall–Kier alpha value is -2.27. The van der Waals surface area contributed by atoms with E-state index in [4.69, 9.17) is 10.00 Å². The number of nitriles is 1. The molecule has 0 saturated carbocycles. The molecule has 2 aromatic carbocycles. The molecule has 0 radical (unpaired) electrons. The van der Waals surface area contributed by atoms with Crippen LogP contribution in [0.15, 0.2) is 48.5 Å². The Morgan fingerprint density at radius 3 is 2.56 bits per heavy atom. The van der Waals surface area contributed by atoms with Crippen LogP contribution in [0.3, 0.4) is 0 Å². The third kappa shape index (κ3) is 3.11. The molecule has 0 aliphatic heterocycles. The Balaban J connectivity index is 1.93. The van der Waals surface area contributed by atoms with Crippen LogP contribution in [-0.2, 0) is 6.42 Å². The number of hydrogen-bond acceptors (Lipinski definition) is 2. The van der Waals surface area contributed by atoms with Crippen LogP contribution in [0.2, 0.25) is 0 Å². The lowest BCUT2D eigenvalue weighted by Gasteiger charge is -2.09. The van der Waals surface area contributed by atoms with Gasteiger partial charge in [0, 0.05) is 6.42 Å². The van der Waals surface area contributed by atoms with E-state index in [1.54, 1.807) is 6.07 Å². The van der Waals surface area contributed by atoms with Crippen LogP contribution in [0.1, 0.15) is 16.7 Å². The lowest BCUT2D eigenvalue weighted by atomic mass is 10.1. The largest absolute Gasteiger partial charge is 0.493 e. The Labute approximate surface area is 107 Å². The maximum atomic E-state index is 8.79. The monoisotopic (exact) mass is 237 g/mol. The molecule has 2 aromatic rings. The fraction of sp³-hybridized carbons (Fsp3) is 0.188. The van der Waals surface area contributed by atoms with Crippen molar-refractivity contribution in [1.29, 1.82) is 5.26 Å². The summed E-state index contributed by atoms with van der Waals surface area (Å²) in [7, 11) is 0. The van der Waals surface area contributed by atoms with Gasteiger partial charge in [-0.3, -0.25) is 0 Å². The number of rotatable bonds is 4. The van der Waals surface area contributed by atoms with Gasteiger partial charge in [-0.05, 0) is 36.2 Å². The SMILES string of the molecule is Cc1cc(C#N)ccc1OCCc1ccccc1.